The standard InChI is InChI=1S/C15H25BrN4O/c1-15(2)7-5-6-12(15)18-11-10-17-20(9-8-19(3)4)14(21)13(11)16/h10,12,18H,5-9H2,1-4H3. The van der Waals surface area contributed by atoms with Crippen molar-refractivity contribution in [1.82, 2.24) is 14.7 Å². The van der Waals surface area contributed by atoms with Gasteiger partial charge in [-0.3, -0.25) is 4.79 Å². The molecule has 1 aliphatic carbocycles. The van der Waals surface area contributed by atoms with E-state index in [2.05, 4.69) is 40.2 Å². The smallest absolute Gasteiger partial charge is 0.283 e. The van der Waals surface area contributed by atoms with Crippen LogP contribution in [-0.2, 0) is 6.54 Å². The number of hydrogen-bond donors (Lipinski definition) is 1. The summed E-state index contributed by atoms with van der Waals surface area (Å²) in [6.07, 6.45) is 5.35. The molecular weight excluding hydrogens is 332 g/mol. The molecule has 1 aromatic rings. The molecule has 5 nitrogen and oxygen atoms in total. The molecule has 1 saturated carbocycles. The van der Waals surface area contributed by atoms with Gasteiger partial charge in [-0.05, 0) is 48.3 Å². The summed E-state index contributed by atoms with van der Waals surface area (Å²) in [5, 5.41) is 7.79. The summed E-state index contributed by atoms with van der Waals surface area (Å²) in [5.74, 6) is 0. The Bertz CT molecular complexity index is 553. The monoisotopic (exact) mass is 356 g/mol. The average Bonchev–Trinajstić information content (AvgIpc) is 2.73. The Hall–Kier alpha value is -0.880. The van der Waals surface area contributed by atoms with Crippen LogP contribution in [0.5, 0.6) is 0 Å². The second-order valence-corrected chi connectivity index (χ2v) is 7.57. The van der Waals surface area contributed by atoms with Gasteiger partial charge in [-0.15, -0.1) is 0 Å². The number of halogens is 1. The van der Waals surface area contributed by atoms with Crippen LogP contribution in [0.2, 0.25) is 0 Å². The third-order valence-electron chi connectivity index (χ3n) is 4.33. The van der Waals surface area contributed by atoms with Crippen LogP contribution < -0.4 is 10.9 Å². The normalized spacial score (nSPS) is 21.0. The molecular formula is C15H25BrN4O. The lowest BCUT2D eigenvalue weighted by molar-refractivity contribution is 0.349. The molecule has 0 aromatic carbocycles. The van der Waals surface area contributed by atoms with Crippen molar-refractivity contribution < 1.29 is 0 Å². The van der Waals surface area contributed by atoms with E-state index in [0.29, 0.717) is 17.1 Å². The minimum Gasteiger partial charge on any atom is -0.379 e. The van der Waals surface area contributed by atoms with Crippen molar-refractivity contribution in [3.63, 3.8) is 0 Å². The van der Waals surface area contributed by atoms with Crippen molar-refractivity contribution in [2.75, 3.05) is 26.0 Å². The average molecular weight is 357 g/mol. The molecule has 1 heterocycles. The first-order valence-corrected chi connectivity index (χ1v) is 8.27. The number of anilines is 1. The lowest BCUT2D eigenvalue weighted by Crippen LogP contribution is -2.33. The fraction of sp³-hybridized carbons (Fsp3) is 0.733. The van der Waals surface area contributed by atoms with Gasteiger partial charge in [0.15, 0.2) is 0 Å². The van der Waals surface area contributed by atoms with Crippen LogP contribution in [0.15, 0.2) is 15.5 Å². The van der Waals surface area contributed by atoms with Crippen molar-refractivity contribution in [3.8, 4) is 0 Å². The van der Waals surface area contributed by atoms with E-state index in [4.69, 9.17) is 0 Å². The summed E-state index contributed by atoms with van der Waals surface area (Å²) < 4.78 is 2.09. The Morgan fingerprint density at radius 2 is 2.24 bits per heavy atom. The highest BCUT2D eigenvalue weighted by atomic mass is 79.9. The quantitative estimate of drug-likeness (QED) is 0.880. The van der Waals surface area contributed by atoms with Gasteiger partial charge in [-0.25, -0.2) is 4.68 Å². The molecule has 1 N–H and O–H groups in total. The third-order valence-corrected chi connectivity index (χ3v) is 5.10. The maximum Gasteiger partial charge on any atom is 0.283 e. The van der Waals surface area contributed by atoms with E-state index in [0.717, 1.165) is 18.7 Å². The number of aromatic nitrogens is 2. The highest BCUT2D eigenvalue weighted by Crippen LogP contribution is 2.39. The molecule has 0 radical (unpaired) electrons. The van der Waals surface area contributed by atoms with Crippen molar-refractivity contribution in [2.24, 2.45) is 5.41 Å². The number of likely N-dealkylation sites (N-methyl/N-ethyl adjacent to an activating group) is 1. The zero-order valence-corrected chi connectivity index (χ0v) is 14.9. The van der Waals surface area contributed by atoms with E-state index < -0.39 is 0 Å². The van der Waals surface area contributed by atoms with Crippen LogP contribution in [0.4, 0.5) is 5.69 Å². The molecule has 1 atom stereocenters. The molecule has 1 aliphatic rings. The molecule has 118 valence electrons. The fourth-order valence-corrected chi connectivity index (χ4v) is 3.22. The Morgan fingerprint density at radius 1 is 1.52 bits per heavy atom. The van der Waals surface area contributed by atoms with Crippen molar-refractivity contribution in [3.05, 3.63) is 21.0 Å². The van der Waals surface area contributed by atoms with Gasteiger partial charge >= 0.3 is 0 Å². The SMILES string of the molecule is CN(C)CCn1ncc(NC2CCCC2(C)C)c(Br)c1=O. The van der Waals surface area contributed by atoms with Crippen LogP contribution in [0.25, 0.3) is 0 Å². The third kappa shape index (κ3) is 3.86. The minimum atomic E-state index is -0.0716. The number of nitrogens with one attached hydrogen (secondary N) is 1. The van der Waals surface area contributed by atoms with Crippen molar-refractivity contribution in [2.45, 2.75) is 45.7 Å². The Morgan fingerprint density at radius 3 is 2.81 bits per heavy atom. The predicted molar refractivity (Wildman–Crippen MR) is 89.8 cm³/mol. The first-order chi connectivity index (χ1) is 9.81. The van der Waals surface area contributed by atoms with E-state index in [1.54, 1.807) is 6.20 Å². The van der Waals surface area contributed by atoms with Gasteiger partial charge in [0, 0.05) is 12.6 Å². The van der Waals surface area contributed by atoms with E-state index in [1.807, 2.05) is 19.0 Å². The van der Waals surface area contributed by atoms with E-state index in [-0.39, 0.29) is 11.0 Å². The zero-order chi connectivity index (χ0) is 15.6. The van der Waals surface area contributed by atoms with Crippen molar-refractivity contribution >= 4 is 21.6 Å². The molecule has 0 aliphatic heterocycles. The van der Waals surface area contributed by atoms with Crippen LogP contribution in [-0.4, -0.2) is 41.4 Å². The summed E-state index contributed by atoms with van der Waals surface area (Å²) in [6.45, 7) is 5.94. The van der Waals surface area contributed by atoms with Gasteiger partial charge < -0.3 is 10.2 Å². The second kappa shape index (κ2) is 6.48. The molecule has 2 rings (SSSR count). The summed E-state index contributed by atoms with van der Waals surface area (Å²) in [4.78, 5) is 14.4. The second-order valence-electron chi connectivity index (χ2n) is 6.78. The summed E-state index contributed by atoms with van der Waals surface area (Å²) in [5.41, 5.74) is 0.998. The highest BCUT2D eigenvalue weighted by Gasteiger charge is 2.34. The molecule has 0 amide bonds. The number of rotatable bonds is 5. The molecule has 0 saturated heterocycles. The largest absolute Gasteiger partial charge is 0.379 e. The maximum atomic E-state index is 12.3. The fourth-order valence-electron chi connectivity index (χ4n) is 2.80. The first-order valence-electron chi connectivity index (χ1n) is 7.48. The van der Waals surface area contributed by atoms with Crippen LogP contribution in [0.3, 0.4) is 0 Å². The van der Waals surface area contributed by atoms with Gasteiger partial charge in [0.25, 0.3) is 5.56 Å². The molecule has 1 unspecified atom stereocenters. The summed E-state index contributed by atoms with van der Waals surface area (Å²) >= 11 is 3.43. The molecule has 0 spiro atoms. The van der Waals surface area contributed by atoms with E-state index >= 15 is 0 Å². The van der Waals surface area contributed by atoms with Crippen LogP contribution >= 0.6 is 15.9 Å². The first kappa shape index (κ1) is 16.5. The summed E-state index contributed by atoms with van der Waals surface area (Å²) in [7, 11) is 3.97. The maximum absolute atomic E-state index is 12.3. The van der Waals surface area contributed by atoms with Gasteiger partial charge in [0.2, 0.25) is 0 Å². The Kier molecular flexibility index (Phi) is 5.09. The van der Waals surface area contributed by atoms with Crippen molar-refractivity contribution in [1.29, 1.82) is 0 Å². The Labute approximate surface area is 134 Å². The molecule has 6 heteroatoms. The van der Waals surface area contributed by atoms with Crippen LogP contribution in [0.1, 0.15) is 33.1 Å². The topological polar surface area (TPSA) is 50.2 Å². The minimum absolute atomic E-state index is 0.0716. The van der Waals surface area contributed by atoms with Gasteiger partial charge in [0.1, 0.15) is 4.47 Å². The number of nitrogens with zero attached hydrogens (tertiary/aromatic N) is 3. The molecule has 1 aromatic heterocycles. The molecule has 21 heavy (non-hydrogen) atoms. The molecule has 0 bridgehead atoms. The lowest BCUT2D eigenvalue weighted by Gasteiger charge is -2.29. The molecule has 1 fully saturated rings. The van der Waals surface area contributed by atoms with Gasteiger partial charge in [0.05, 0.1) is 18.4 Å². The zero-order valence-electron chi connectivity index (χ0n) is 13.3. The lowest BCUT2D eigenvalue weighted by atomic mass is 9.87. The highest BCUT2D eigenvalue weighted by molar-refractivity contribution is 9.10. The number of hydrogen-bond acceptors (Lipinski definition) is 4. The Balaban J connectivity index is 2.15. The van der Waals surface area contributed by atoms with Gasteiger partial charge in [-0.2, -0.15) is 5.10 Å². The van der Waals surface area contributed by atoms with Gasteiger partial charge in [-0.1, -0.05) is 20.3 Å². The van der Waals surface area contributed by atoms with E-state index in [9.17, 15) is 4.79 Å². The predicted octanol–water partition coefficient (Wildman–Crippen LogP) is 2.56. The van der Waals surface area contributed by atoms with Crippen LogP contribution in [0, 0.1) is 5.41 Å². The summed E-state index contributed by atoms with van der Waals surface area (Å²) in [6, 6.07) is 0.396. The van der Waals surface area contributed by atoms with E-state index in [1.165, 1.54) is 17.5 Å².